The van der Waals surface area contributed by atoms with Gasteiger partial charge < -0.3 is 5.73 Å². The maximum Gasteiger partial charge on any atom is 0.0343 e. The van der Waals surface area contributed by atoms with Gasteiger partial charge in [-0.05, 0) is 30.1 Å². The summed E-state index contributed by atoms with van der Waals surface area (Å²) in [5, 5.41) is 0. The van der Waals surface area contributed by atoms with E-state index in [0.717, 1.165) is 36.1 Å². The van der Waals surface area contributed by atoms with Gasteiger partial charge in [-0.2, -0.15) is 0 Å². The Hall–Kier alpha value is -1.76. The Bertz CT molecular complexity index is 419. The SMILES string of the molecule is C=C1C/C=C\C=C/C(CCC)C(=C)/C=C\C=C\1N. The summed E-state index contributed by atoms with van der Waals surface area (Å²) in [6.07, 6.45) is 17.4. The van der Waals surface area contributed by atoms with Crippen LogP contribution in [0.15, 0.2) is 72.5 Å². The number of hydrogen-bond acceptors (Lipinski definition) is 1. The fourth-order valence-corrected chi connectivity index (χ4v) is 1.84. The third-order valence-corrected chi connectivity index (χ3v) is 3.03. The molecule has 18 heavy (non-hydrogen) atoms. The van der Waals surface area contributed by atoms with Crippen molar-refractivity contribution in [3.05, 3.63) is 72.5 Å². The zero-order chi connectivity index (χ0) is 13.4. The molecule has 0 aliphatic heterocycles. The van der Waals surface area contributed by atoms with Crippen molar-refractivity contribution in [1.29, 1.82) is 0 Å². The van der Waals surface area contributed by atoms with Gasteiger partial charge in [0.2, 0.25) is 0 Å². The zero-order valence-corrected chi connectivity index (χ0v) is 11.2. The highest BCUT2D eigenvalue weighted by Crippen LogP contribution is 2.19. The number of hydrogen-bond donors (Lipinski definition) is 1. The molecule has 1 rings (SSSR count). The van der Waals surface area contributed by atoms with Crippen LogP contribution < -0.4 is 5.73 Å². The van der Waals surface area contributed by atoms with Crippen molar-refractivity contribution in [2.75, 3.05) is 0 Å². The molecular formula is C17H23N. The van der Waals surface area contributed by atoms with Crippen molar-refractivity contribution < 1.29 is 0 Å². The fourth-order valence-electron chi connectivity index (χ4n) is 1.84. The summed E-state index contributed by atoms with van der Waals surface area (Å²) in [6, 6.07) is 0. The number of rotatable bonds is 2. The molecule has 1 aliphatic rings. The minimum absolute atomic E-state index is 0.410. The van der Waals surface area contributed by atoms with Crippen LogP contribution in [0.5, 0.6) is 0 Å². The Morgan fingerprint density at radius 2 is 2.06 bits per heavy atom. The predicted molar refractivity (Wildman–Crippen MR) is 81.0 cm³/mol. The molecule has 0 radical (unpaired) electrons. The van der Waals surface area contributed by atoms with Gasteiger partial charge in [-0.3, -0.25) is 0 Å². The summed E-state index contributed by atoms with van der Waals surface area (Å²) < 4.78 is 0. The molecule has 0 fully saturated rings. The lowest BCUT2D eigenvalue weighted by molar-refractivity contribution is 0.671. The summed E-state index contributed by atoms with van der Waals surface area (Å²) >= 11 is 0. The predicted octanol–water partition coefficient (Wildman–Crippen LogP) is 4.43. The van der Waals surface area contributed by atoms with Crippen molar-refractivity contribution in [3.63, 3.8) is 0 Å². The molecule has 0 aromatic rings. The average molecular weight is 241 g/mol. The Morgan fingerprint density at radius 3 is 2.78 bits per heavy atom. The molecule has 1 nitrogen and oxygen atoms in total. The lowest BCUT2D eigenvalue weighted by Gasteiger charge is -2.11. The van der Waals surface area contributed by atoms with Crippen LogP contribution in [0.3, 0.4) is 0 Å². The first-order valence-corrected chi connectivity index (χ1v) is 6.49. The van der Waals surface area contributed by atoms with Crippen LogP contribution >= 0.6 is 0 Å². The smallest absolute Gasteiger partial charge is 0.0343 e. The standard InChI is InChI=1S/C17H23N/c1-4-9-16-12-7-5-6-10-15(3)17(18)13-8-11-14(16)2/h5-8,11-13,16H,2-4,9-10,18H2,1H3/b6-5-,11-8-,12-7-,17-13-. The zero-order valence-electron chi connectivity index (χ0n) is 11.2. The van der Waals surface area contributed by atoms with E-state index >= 15 is 0 Å². The van der Waals surface area contributed by atoms with Crippen LogP contribution in [0.25, 0.3) is 0 Å². The second kappa shape index (κ2) is 7.54. The van der Waals surface area contributed by atoms with E-state index in [0.29, 0.717) is 5.92 Å². The molecule has 96 valence electrons. The van der Waals surface area contributed by atoms with Gasteiger partial charge in [0, 0.05) is 11.6 Å². The molecule has 1 unspecified atom stereocenters. The van der Waals surface area contributed by atoms with E-state index in [4.69, 9.17) is 5.73 Å². The molecule has 1 atom stereocenters. The van der Waals surface area contributed by atoms with Gasteiger partial charge in [-0.15, -0.1) is 0 Å². The lowest BCUT2D eigenvalue weighted by atomic mass is 9.94. The summed E-state index contributed by atoms with van der Waals surface area (Å²) in [7, 11) is 0. The highest BCUT2D eigenvalue weighted by molar-refractivity contribution is 5.34. The Labute approximate surface area is 111 Å². The van der Waals surface area contributed by atoms with Crippen LogP contribution in [0.1, 0.15) is 26.2 Å². The van der Waals surface area contributed by atoms with E-state index < -0.39 is 0 Å². The third kappa shape index (κ3) is 4.62. The van der Waals surface area contributed by atoms with Crippen LogP contribution in [0.2, 0.25) is 0 Å². The van der Waals surface area contributed by atoms with Crippen molar-refractivity contribution >= 4 is 0 Å². The topological polar surface area (TPSA) is 26.0 Å². The molecule has 0 saturated carbocycles. The summed E-state index contributed by atoms with van der Waals surface area (Å²) in [4.78, 5) is 0. The molecule has 0 amide bonds. The first kappa shape index (κ1) is 14.3. The summed E-state index contributed by atoms with van der Waals surface area (Å²) in [6.45, 7) is 10.3. The van der Waals surface area contributed by atoms with E-state index in [1.807, 2.05) is 18.2 Å². The highest BCUT2D eigenvalue weighted by Gasteiger charge is 2.05. The van der Waals surface area contributed by atoms with Gasteiger partial charge in [0.15, 0.2) is 0 Å². The second-order valence-corrected chi connectivity index (χ2v) is 4.57. The quantitative estimate of drug-likeness (QED) is 0.760. The minimum Gasteiger partial charge on any atom is -0.399 e. The first-order chi connectivity index (χ1) is 8.65. The van der Waals surface area contributed by atoms with Crippen LogP contribution in [-0.2, 0) is 0 Å². The first-order valence-electron chi connectivity index (χ1n) is 6.49. The normalized spacial score (nSPS) is 29.6. The summed E-state index contributed by atoms with van der Waals surface area (Å²) in [5.74, 6) is 0.410. The number of allylic oxidation sites excluding steroid dienone is 9. The highest BCUT2D eigenvalue weighted by atomic mass is 14.6. The lowest BCUT2D eigenvalue weighted by Crippen LogP contribution is -2.00. The third-order valence-electron chi connectivity index (χ3n) is 3.03. The van der Waals surface area contributed by atoms with Gasteiger partial charge in [0.05, 0.1) is 0 Å². The molecule has 0 bridgehead atoms. The van der Waals surface area contributed by atoms with Gasteiger partial charge in [0.25, 0.3) is 0 Å². The molecule has 2 N–H and O–H groups in total. The van der Waals surface area contributed by atoms with E-state index in [1.165, 1.54) is 0 Å². The minimum atomic E-state index is 0.410. The number of nitrogens with two attached hydrogens (primary N) is 1. The van der Waals surface area contributed by atoms with Crippen molar-refractivity contribution in [3.8, 4) is 0 Å². The molecule has 0 aromatic heterocycles. The van der Waals surface area contributed by atoms with Crippen LogP contribution in [0.4, 0.5) is 0 Å². The monoisotopic (exact) mass is 241 g/mol. The Morgan fingerprint density at radius 1 is 1.28 bits per heavy atom. The molecule has 1 aliphatic carbocycles. The molecular weight excluding hydrogens is 218 g/mol. The van der Waals surface area contributed by atoms with Crippen molar-refractivity contribution in [1.82, 2.24) is 0 Å². The molecule has 0 aromatic carbocycles. The fraction of sp³-hybridized carbons (Fsp3) is 0.294. The largest absolute Gasteiger partial charge is 0.399 e. The average Bonchev–Trinajstić information content (AvgIpc) is 2.35. The molecule has 0 heterocycles. The van der Waals surface area contributed by atoms with Gasteiger partial charge in [-0.1, -0.05) is 63.0 Å². The molecule has 0 saturated heterocycles. The van der Waals surface area contributed by atoms with E-state index in [9.17, 15) is 0 Å². The molecule has 0 spiro atoms. The van der Waals surface area contributed by atoms with Gasteiger partial charge in [0.1, 0.15) is 0 Å². The van der Waals surface area contributed by atoms with Crippen LogP contribution in [-0.4, -0.2) is 0 Å². The van der Waals surface area contributed by atoms with Crippen molar-refractivity contribution in [2.24, 2.45) is 11.7 Å². The maximum absolute atomic E-state index is 5.93. The Kier molecular flexibility index (Phi) is 5.99. The van der Waals surface area contributed by atoms with E-state index in [-0.39, 0.29) is 0 Å². The second-order valence-electron chi connectivity index (χ2n) is 4.57. The van der Waals surface area contributed by atoms with Gasteiger partial charge >= 0.3 is 0 Å². The molecule has 1 heteroatoms. The van der Waals surface area contributed by atoms with E-state index in [2.05, 4.69) is 44.4 Å². The van der Waals surface area contributed by atoms with Crippen LogP contribution in [0, 0.1) is 5.92 Å². The van der Waals surface area contributed by atoms with Crippen molar-refractivity contribution in [2.45, 2.75) is 26.2 Å². The summed E-state index contributed by atoms with van der Waals surface area (Å²) in [5.41, 5.74) is 8.73. The van der Waals surface area contributed by atoms with Gasteiger partial charge in [-0.25, -0.2) is 0 Å². The maximum atomic E-state index is 5.93. The Balaban J connectivity index is 2.92. The van der Waals surface area contributed by atoms with E-state index in [1.54, 1.807) is 0 Å².